The molecule has 0 aliphatic carbocycles. The third-order valence-corrected chi connectivity index (χ3v) is 7.79. The zero-order valence-electron chi connectivity index (χ0n) is 22.0. The van der Waals surface area contributed by atoms with Crippen LogP contribution in [0.25, 0.3) is 6.08 Å². The van der Waals surface area contributed by atoms with Gasteiger partial charge in [0.25, 0.3) is 5.56 Å². The van der Waals surface area contributed by atoms with Crippen molar-refractivity contribution >= 4 is 29.3 Å². The summed E-state index contributed by atoms with van der Waals surface area (Å²) in [5, 5.41) is 0. The van der Waals surface area contributed by atoms with E-state index in [4.69, 9.17) is 18.6 Å². The summed E-state index contributed by atoms with van der Waals surface area (Å²) in [5.74, 6) is 1.95. The summed E-state index contributed by atoms with van der Waals surface area (Å²) < 4.78 is 24.5. The molecule has 0 spiro atoms. The number of aromatic nitrogens is 1. The highest BCUT2D eigenvalue weighted by Gasteiger charge is 2.35. The summed E-state index contributed by atoms with van der Waals surface area (Å²) in [6, 6.07) is 8.31. The molecule has 1 unspecified atom stereocenters. The van der Waals surface area contributed by atoms with Crippen molar-refractivity contribution in [2.24, 2.45) is 4.99 Å². The molecule has 1 fully saturated rings. The minimum absolute atomic E-state index is 0.194. The molecule has 1 aromatic carbocycles. The van der Waals surface area contributed by atoms with Crippen molar-refractivity contribution in [3.63, 3.8) is 0 Å². The molecule has 5 rings (SSSR count). The van der Waals surface area contributed by atoms with Gasteiger partial charge in [0.15, 0.2) is 10.7 Å². The van der Waals surface area contributed by atoms with E-state index in [2.05, 4.69) is 9.89 Å². The van der Waals surface area contributed by atoms with Gasteiger partial charge in [-0.15, -0.1) is 0 Å². The van der Waals surface area contributed by atoms with Crippen LogP contribution in [-0.4, -0.2) is 44.5 Å². The summed E-state index contributed by atoms with van der Waals surface area (Å²) in [6.07, 6.45) is 5.26. The molecule has 200 valence electrons. The van der Waals surface area contributed by atoms with Gasteiger partial charge in [0, 0.05) is 30.8 Å². The number of rotatable bonds is 7. The van der Waals surface area contributed by atoms with E-state index in [1.807, 2.05) is 12.1 Å². The third kappa shape index (κ3) is 4.76. The second kappa shape index (κ2) is 10.9. The molecular formula is C28H31N3O6S. The van der Waals surface area contributed by atoms with E-state index in [0.717, 1.165) is 31.8 Å². The maximum Gasteiger partial charge on any atom is 0.338 e. The van der Waals surface area contributed by atoms with Gasteiger partial charge in [0.1, 0.15) is 23.3 Å². The van der Waals surface area contributed by atoms with Gasteiger partial charge in [-0.1, -0.05) is 11.3 Å². The van der Waals surface area contributed by atoms with Gasteiger partial charge >= 0.3 is 5.97 Å². The molecule has 2 aromatic heterocycles. The fraction of sp³-hybridized carbons (Fsp3) is 0.393. The maximum atomic E-state index is 13.9. The number of anilines is 1. The number of esters is 1. The molecule has 38 heavy (non-hydrogen) atoms. The first-order valence-electron chi connectivity index (χ1n) is 12.7. The number of thiazole rings is 1. The molecule has 0 N–H and O–H groups in total. The number of allylic oxidation sites excluding steroid dienone is 1. The lowest BCUT2D eigenvalue weighted by Gasteiger charge is -2.26. The molecule has 2 aliphatic heterocycles. The molecule has 1 saturated heterocycles. The molecule has 0 radical (unpaired) electrons. The average molecular weight is 538 g/mol. The number of benzene rings is 1. The van der Waals surface area contributed by atoms with E-state index in [1.165, 1.54) is 22.3 Å². The van der Waals surface area contributed by atoms with Gasteiger partial charge in [-0.2, -0.15) is 0 Å². The van der Waals surface area contributed by atoms with Crippen molar-refractivity contribution in [1.82, 2.24) is 4.57 Å². The smallest absolute Gasteiger partial charge is 0.338 e. The predicted molar refractivity (Wildman–Crippen MR) is 145 cm³/mol. The minimum Gasteiger partial charge on any atom is -0.497 e. The zero-order chi connectivity index (χ0) is 26.8. The van der Waals surface area contributed by atoms with Crippen LogP contribution in [0.15, 0.2) is 55.8 Å². The molecule has 1 atom stereocenters. The Morgan fingerprint density at radius 2 is 1.95 bits per heavy atom. The van der Waals surface area contributed by atoms with Crippen LogP contribution in [0.1, 0.15) is 50.5 Å². The van der Waals surface area contributed by atoms with Crippen molar-refractivity contribution < 1.29 is 23.4 Å². The Labute approximate surface area is 224 Å². The van der Waals surface area contributed by atoms with Crippen LogP contribution in [0.3, 0.4) is 0 Å². The Kier molecular flexibility index (Phi) is 7.42. The summed E-state index contributed by atoms with van der Waals surface area (Å²) in [7, 11) is 3.11. The summed E-state index contributed by atoms with van der Waals surface area (Å²) in [5.41, 5.74) is 1.08. The number of nitrogens with zero attached hydrogens (tertiary/aromatic N) is 3. The lowest BCUT2D eigenvalue weighted by Crippen LogP contribution is -2.40. The van der Waals surface area contributed by atoms with E-state index in [1.54, 1.807) is 52.3 Å². The van der Waals surface area contributed by atoms with Crippen LogP contribution in [0.4, 0.5) is 5.88 Å². The second-order valence-corrected chi connectivity index (χ2v) is 10.1. The highest BCUT2D eigenvalue weighted by Crippen LogP contribution is 2.37. The lowest BCUT2D eigenvalue weighted by molar-refractivity contribution is -0.139. The van der Waals surface area contributed by atoms with Crippen molar-refractivity contribution in [3.05, 3.63) is 72.6 Å². The number of piperidine rings is 1. The Morgan fingerprint density at radius 3 is 2.66 bits per heavy atom. The minimum atomic E-state index is -0.807. The van der Waals surface area contributed by atoms with Crippen LogP contribution in [0.2, 0.25) is 0 Å². The second-order valence-electron chi connectivity index (χ2n) is 9.13. The molecule has 3 aromatic rings. The van der Waals surface area contributed by atoms with Gasteiger partial charge in [0.2, 0.25) is 0 Å². The van der Waals surface area contributed by atoms with Crippen LogP contribution in [-0.2, 0) is 9.53 Å². The summed E-state index contributed by atoms with van der Waals surface area (Å²) in [6.45, 7) is 5.62. The number of methoxy groups -OCH3 is 2. The van der Waals surface area contributed by atoms with Crippen molar-refractivity contribution in [2.75, 3.05) is 38.8 Å². The number of furan rings is 1. The van der Waals surface area contributed by atoms with E-state index >= 15 is 0 Å². The van der Waals surface area contributed by atoms with E-state index in [9.17, 15) is 9.59 Å². The molecule has 0 saturated carbocycles. The van der Waals surface area contributed by atoms with E-state index < -0.39 is 12.0 Å². The quantitative estimate of drug-likeness (QED) is 0.427. The number of hydrogen-bond donors (Lipinski definition) is 0. The first kappa shape index (κ1) is 25.8. The molecular weight excluding hydrogens is 506 g/mol. The van der Waals surface area contributed by atoms with Gasteiger partial charge in [-0.3, -0.25) is 9.36 Å². The molecule has 2 aliphatic rings. The predicted octanol–water partition coefficient (Wildman–Crippen LogP) is 3.40. The van der Waals surface area contributed by atoms with Crippen LogP contribution < -0.4 is 29.3 Å². The number of hydrogen-bond acceptors (Lipinski definition) is 9. The Morgan fingerprint density at radius 1 is 1.16 bits per heavy atom. The van der Waals surface area contributed by atoms with Crippen LogP contribution in [0.5, 0.6) is 11.5 Å². The summed E-state index contributed by atoms with van der Waals surface area (Å²) >= 11 is 1.25. The number of carbonyl (C=O) groups is 1. The SMILES string of the molecule is CCOC(=O)C1=C(C)N=c2sc(=Cc3ccc(N4CCCCC4)o3)c(=O)n2C1c1cc(OC)ccc1OC. The fourth-order valence-electron chi connectivity index (χ4n) is 4.97. The lowest BCUT2D eigenvalue weighted by atomic mass is 9.95. The fourth-order valence-corrected chi connectivity index (χ4v) is 6.00. The van der Waals surface area contributed by atoms with Crippen molar-refractivity contribution in [1.29, 1.82) is 0 Å². The highest BCUT2D eigenvalue weighted by molar-refractivity contribution is 7.07. The standard InChI is InChI=1S/C28H31N3O6S/c1-5-36-27(33)24-17(2)29-28-31(25(24)20-15-18(34-3)9-11-21(20)35-4)26(32)22(38-28)16-19-10-12-23(37-19)30-13-7-6-8-14-30/h9-12,15-16,25H,5-8,13-14H2,1-4H3. The van der Waals surface area contributed by atoms with Crippen molar-refractivity contribution in [3.8, 4) is 11.5 Å². The molecule has 10 heteroatoms. The Hall–Kier alpha value is -3.79. The highest BCUT2D eigenvalue weighted by atomic mass is 32.1. The Bertz CT molecular complexity index is 1560. The maximum absolute atomic E-state index is 13.9. The molecule has 0 bridgehead atoms. The van der Waals surface area contributed by atoms with Gasteiger partial charge < -0.3 is 23.5 Å². The first-order valence-corrected chi connectivity index (χ1v) is 13.5. The summed E-state index contributed by atoms with van der Waals surface area (Å²) in [4.78, 5) is 34.4. The van der Waals surface area contributed by atoms with Gasteiger partial charge in [-0.25, -0.2) is 9.79 Å². The average Bonchev–Trinajstić information content (AvgIpc) is 3.52. The third-order valence-electron chi connectivity index (χ3n) is 6.80. The molecule has 0 amide bonds. The largest absolute Gasteiger partial charge is 0.497 e. The monoisotopic (exact) mass is 537 g/mol. The Balaban J connectivity index is 1.66. The normalized spacial score (nSPS) is 17.7. The van der Waals surface area contributed by atoms with Crippen LogP contribution >= 0.6 is 11.3 Å². The van der Waals surface area contributed by atoms with E-state index in [0.29, 0.717) is 37.9 Å². The van der Waals surface area contributed by atoms with Crippen LogP contribution in [0, 0.1) is 0 Å². The number of fused-ring (bicyclic) bond motifs is 1. The number of carbonyl (C=O) groups excluding carboxylic acids is 1. The van der Waals surface area contributed by atoms with Gasteiger partial charge in [0.05, 0.1) is 36.6 Å². The first-order chi connectivity index (χ1) is 18.4. The topological polar surface area (TPSA) is 95.5 Å². The molecule has 4 heterocycles. The van der Waals surface area contributed by atoms with E-state index in [-0.39, 0.29) is 17.7 Å². The zero-order valence-corrected chi connectivity index (χ0v) is 22.8. The number of ether oxygens (including phenoxy) is 3. The van der Waals surface area contributed by atoms with Crippen molar-refractivity contribution in [2.45, 2.75) is 39.2 Å². The molecule has 9 nitrogen and oxygen atoms in total. The van der Waals surface area contributed by atoms with Gasteiger partial charge in [-0.05, 0) is 57.4 Å².